The number of hydrogen-bond acceptors (Lipinski definition) is 4. The molecule has 9 heteroatoms. The van der Waals surface area contributed by atoms with Crippen molar-refractivity contribution in [1.82, 2.24) is 20.4 Å². The standard InChI is InChI=1S/C18H21ClFN5O2/c1-4-12-10(3)21-18(23-16(12)26)25-15(7-9(2)24-25)22-17(27)13-6-5-11(20)8-14(13)19/h5-8,10,12,18,21H,4H2,1-3H3,(H,22,27)(H,23,26). The lowest BCUT2D eigenvalue weighted by Gasteiger charge is -2.35. The van der Waals surface area contributed by atoms with Crippen molar-refractivity contribution in [2.75, 3.05) is 5.32 Å². The smallest absolute Gasteiger partial charge is 0.258 e. The highest BCUT2D eigenvalue weighted by atomic mass is 35.5. The summed E-state index contributed by atoms with van der Waals surface area (Å²) in [5.74, 6) is -0.832. The fourth-order valence-corrected chi connectivity index (χ4v) is 3.46. The molecule has 0 spiro atoms. The topological polar surface area (TPSA) is 88.1 Å². The highest BCUT2D eigenvalue weighted by Crippen LogP contribution is 2.23. The lowest BCUT2D eigenvalue weighted by Crippen LogP contribution is -2.57. The van der Waals surface area contributed by atoms with E-state index in [0.717, 1.165) is 12.5 Å². The first kappa shape index (κ1) is 19.3. The van der Waals surface area contributed by atoms with Gasteiger partial charge in [-0.15, -0.1) is 0 Å². The third-order valence-electron chi connectivity index (χ3n) is 4.60. The summed E-state index contributed by atoms with van der Waals surface area (Å²) >= 11 is 5.96. The van der Waals surface area contributed by atoms with Gasteiger partial charge < -0.3 is 10.6 Å². The lowest BCUT2D eigenvalue weighted by molar-refractivity contribution is -0.130. The van der Waals surface area contributed by atoms with Crippen LogP contribution in [0.25, 0.3) is 0 Å². The predicted octanol–water partition coefficient (Wildman–Crippen LogP) is 2.83. The van der Waals surface area contributed by atoms with Gasteiger partial charge in [-0.25, -0.2) is 9.07 Å². The van der Waals surface area contributed by atoms with Crippen LogP contribution < -0.4 is 16.0 Å². The summed E-state index contributed by atoms with van der Waals surface area (Å²) in [6.45, 7) is 5.67. The van der Waals surface area contributed by atoms with Crippen LogP contribution in [0.4, 0.5) is 10.2 Å². The molecule has 3 N–H and O–H groups in total. The minimum Gasteiger partial charge on any atom is -0.322 e. The van der Waals surface area contributed by atoms with Crippen LogP contribution in [0.2, 0.25) is 5.02 Å². The normalized spacial score (nSPS) is 22.4. The second-order valence-electron chi connectivity index (χ2n) is 6.58. The van der Waals surface area contributed by atoms with E-state index < -0.39 is 18.0 Å². The molecule has 1 aromatic carbocycles. The number of aryl methyl sites for hydroxylation is 1. The Balaban J connectivity index is 1.84. The molecule has 2 amide bonds. The number of carbonyl (C=O) groups is 2. The molecule has 27 heavy (non-hydrogen) atoms. The van der Waals surface area contributed by atoms with Crippen LogP contribution in [0.3, 0.4) is 0 Å². The Labute approximate surface area is 161 Å². The molecule has 144 valence electrons. The number of benzene rings is 1. The number of hydrogen-bond donors (Lipinski definition) is 3. The quantitative estimate of drug-likeness (QED) is 0.745. The molecule has 1 aliphatic rings. The van der Waals surface area contributed by atoms with E-state index in [2.05, 4.69) is 21.0 Å². The van der Waals surface area contributed by atoms with Gasteiger partial charge in [0.25, 0.3) is 5.91 Å². The van der Waals surface area contributed by atoms with Gasteiger partial charge >= 0.3 is 0 Å². The number of anilines is 1. The highest BCUT2D eigenvalue weighted by molar-refractivity contribution is 6.34. The number of amides is 2. The molecule has 1 fully saturated rings. The van der Waals surface area contributed by atoms with E-state index in [4.69, 9.17) is 11.6 Å². The van der Waals surface area contributed by atoms with E-state index in [1.54, 1.807) is 13.0 Å². The minimum atomic E-state index is -0.594. The van der Waals surface area contributed by atoms with Crippen molar-refractivity contribution in [1.29, 1.82) is 0 Å². The van der Waals surface area contributed by atoms with Gasteiger partial charge in [-0.1, -0.05) is 18.5 Å². The first-order valence-corrected chi connectivity index (χ1v) is 9.07. The maximum atomic E-state index is 13.2. The van der Waals surface area contributed by atoms with Crippen LogP contribution in [-0.4, -0.2) is 27.6 Å². The van der Waals surface area contributed by atoms with E-state index in [9.17, 15) is 14.0 Å². The molecule has 0 bridgehead atoms. The van der Waals surface area contributed by atoms with Gasteiger partial charge in [0.2, 0.25) is 5.91 Å². The van der Waals surface area contributed by atoms with Crippen molar-refractivity contribution in [3.05, 3.63) is 46.4 Å². The summed E-state index contributed by atoms with van der Waals surface area (Å²) in [5, 5.41) is 13.3. The van der Waals surface area contributed by atoms with Crippen LogP contribution in [0.1, 0.15) is 42.6 Å². The molecule has 0 aliphatic carbocycles. The van der Waals surface area contributed by atoms with Crippen LogP contribution in [0.15, 0.2) is 24.3 Å². The monoisotopic (exact) mass is 393 g/mol. The van der Waals surface area contributed by atoms with Gasteiger partial charge in [-0.05, 0) is 38.5 Å². The zero-order valence-electron chi connectivity index (χ0n) is 15.2. The molecule has 0 radical (unpaired) electrons. The van der Waals surface area contributed by atoms with Crippen molar-refractivity contribution in [3.63, 3.8) is 0 Å². The fraction of sp³-hybridized carbons (Fsp3) is 0.389. The van der Waals surface area contributed by atoms with Crippen molar-refractivity contribution >= 4 is 29.2 Å². The molecule has 1 saturated heterocycles. The van der Waals surface area contributed by atoms with Gasteiger partial charge in [-0.3, -0.25) is 14.9 Å². The Kier molecular flexibility index (Phi) is 5.48. The van der Waals surface area contributed by atoms with Crippen LogP contribution >= 0.6 is 11.6 Å². The third kappa shape index (κ3) is 3.96. The summed E-state index contributed by atoms with van der Waals surface area (Å²) in [5.41, 5.74) is 0.806. The lowest BCUT2D eigenvalue weighted by atomic mass is 9.95. The molecule has 2 aromatic rings. The second kappa shape index (κ2) is 7.66. The number of halogens is 2. The Morgan fingerprint density at radius 3 is 2.78 bits per heavy atom. The van der Waals surface area contributed by atoms with E-state index in [1.807, 2.05) is 13.8 Å². The number of carbonyl (C=O) groups excluding carboxylic acids is 2. The molecule has 0 saturated carbocycles. The first-order valence-electron chi connectivity index (χ1n) is 8.69. The molecule has 7 nitrogen and oxygen atoms in total. The zero-order chi connectivity index (χ0) is 19.7. The van der Waals surface area contributed by atoms with Gasteiger partial charge in [0.1, 0.15) is 11.6 Å². The third-order valence-corrected chi connectivity index (χ3v) is 4.91. The van der Waals surface area contributed by atoms with Crippen molar-refractivity contribution in [2.24, 2.45) is 5.92 Å². The van der Waals surface area contributed by atoms with Gasteiger partial charge in [0, 0.05) is 12.1 Å². The predicted molar refractivity (Wildman–Crippen MR) is 99.9 cm³/mol. The number of nitrogens with one attached hydrogen (secondary N) is 3. The average molecular weight is 394 g/mol. The Morgan fingerprint density at radius 2 is 2.15 bits per heavy atom. The van der Waals surface area contributed by atoms with Gasteiger partial charge in [0.05, 0.1) is 22.2 Å². The summed E-state index contributed by atoms with van der Waals surface area (Å²) < 4.78 is 14.7. The molecule has 3 atom stereocenters. The van der Waals surface area contributed by atoms with Crippen LogP contribution in [-0.2, 0) is 4.79 Å². The molecule has 1 aromatic heterocycles. The van der Waals surface area contributed by atoms with Crippen molar-refractivity contribution < 1.29 is 14.0 Å². The van der Waals surface area contributed by atoms with Crippen LogP contribution in [0.5, 0.6) is 0 Å². The Hall–Kier alpha value is -2.45. The first-order chi connectivity index (χ1) is 12.8. The Bertz CT molecular complexity index is 885. The highest BCUT2D eigenvalue weighted by Gasteiger charge is 2.34. The molecule has 1 aliphatic heterocycles. The largest absolute Gasteiger partial charge is 0.322 e. The second-order valence-corrected chi connectivity index (χ2v) is 6.98. The molecule has 2 heterocycles. The molecular weight excluding hydrogens is 373 g/mol. The number of rotatable bonds is 4. The fourth-order valence-electron chi connectivity index (χ4n) is 3.21. The number of nitrogens with zero attached hydrogens (tertiary/aromatic N) is 2. The average Bonchev–Trinajstić information content (AvgIpc) is 2.94. The molecule has 3 unspecified atom stereocenters. The van der Waals surface area contributed by atoms with E-state index in [1.165, 1.54) is 16.8 Å². The van der Waals surface area contributed by atoms with E-state index in [0.29, 0.717) is 11.5 Å². The summed E-state index contributed by atoms with van der Waals surface area (Å²) in [4.78, 5) is 24.9. The molecule has 3 rings (SSSR count). The van der Waals surface area contributed by atoms with Gasteiger partial charge in [0.15, 0.2) is 6.29 Å². The van der Waals surface area contributed by atoms with Gasteiger partial charge in [-0.2, -0.15) is 5.10 Å². The maximum Gasteiger partial charge on any atom is 0.258 e. The number of aromatic nitrogens is 2. The zero-order valence-corrected chi connectivity index (χ0v) is 16.0. The Morgan fingerprint density at radius 1 is 1.41 bits per heavy atom. The maximum absolute atomic E-state index is 13.2. The van der Waals surface area contributed by atoms with Crippen LogP contribution in [0, 0.1) is 18.7 Å². The van der Waals surface area contributed by atoms with E-state index >= 15 is 0 Å². The van der Waals surface area contributed by atoms with E-state index in [-0.39, 0.29) is 28.5 Å². The molecular formula is C18H21ClFN5O2. The summed E-state index contributed by atoms with van der Waals surface area (Å²) in [7, 11) is 0. The summed E-state index contributed by atoms with van der Waals surface area (Å²) in [6.07, 6.45) is 0.125. The van der Waals surface area contributed by atoms with Crippen molar-refractivity contribution in [3.8, 4) is 0 Å². The van der Waals surface area contributed by atoms with Crippen molar-refractivity contribution in [2.45, 2.75) is 39.5 Å². The SMILES string of the molecule is CCC1C(=O)NC(n2nc(C)cc2NC(=O)c2ccc(F)cc2Cl)NC1C. The minimum absolute atomic E-state index is 0.0128. The summed E-state index contributed by atoms with van der Waals surface area (Å²) in [6, 6.07) is 5.19.